The zero-order valence-electron chi connectivity index (χ0n) is 13.1. The fraction of sp³-hybridized carbons (Fsp3) is 0.211. The van der Waals surface area contributed by atoms with Crippen molar-refractivity contribution in [2.75, 3.05) is 13.6 Å². The molecule has 2 heterocycles. The molecular weight excluding hydrogens is 304 g/mol. The van der Waals surface area contributed by atoms with Crippen LogP contribution in [-0.2, 0) is 0 Å². The average molecular weight is 324 g/mol. The third-order valence-electron chi connectivity index (χ3n) is 3.62. The summed E-state index contributed by atoms with van der Waals surface area (Å²) in [7, 11) is 1.97. The van der Waals surface area contributed by atoms with Gasteiger partial charge in [0, 0.05) is 29.3 Å². The number of benzene rings is 1. The number of aromatic nitrogens is 1. The Bertz CT molecular complexity index is 713. The first-order valence-corrected chi connectivity index (χ1v) is 8.60. The first-order valence-electron chi connectivity index (χ1n) is 7.72. The van der Waals surface area contributed by atoms with Gasteiger partial charge in [0.25, 0.3) is 0 Å². The summed E-state index contributed by atoms with van der Waals surface area (Å²) in [5.41, 5.74) is 2.22. The number of hydrogen-bond donors (Lipinski definition) is 1. The molecule has 3 aromatic rings. The lowest BCUT2D eigenvalue weighted by Gasteiger charge is -2.18. The lowest BCUT2D eigenvalue weighted by atomic mass is 10.1. The van der Waals surface area contributed by atoms with Gasteiger partial charge in [0.15, 0.2) is 0 Å². The minimum atomic E-state index is 0.0756. The van der Waals surface area contributed by atoms with Gasteiger partial charge in [-0.3, -0.25) is 4.98 Å². The zero-order chi connectivity index (χ0) is 15.9. The van der Waals surface area contributed by atoms with Crippen LogP contribution in [0.1, 0.15) is 17.4 Å². The molecule has 4 heteroatoms. The van der Waals surface area contributed by atoms with E-state index >= 15 is 0 Å². The molecule has 0 amide bonds. The van der Waals surface area contributed by atoms with Gasteiger partial charge in [0.2, 0.25) is 0 Å². The summed E-state index contributed by atoms with van der Waals surface area (Å²) in [5.74, 6) is 0.890. The summed E-state index contributed by atoms with van der Waals surface area (Å²) >= 11 is 1.74. The van der Waals surface area contributed by atoms with Crippen molar-refractivity contribution in [2.24, 2.45) is 0 Å². The molecule has 0 aliphatic carbocycles. The van der Waals surface area contributed by atoms with E-state index in [-0.39, 0.29) is 6.10 Å². The van der Waals surface area contributed by atoms with Gasteiger partial charge in [0.05, 0.1) is 0 Å². The Kier molecular flexibility index (Phi) is 5.40. The van der Waals surface area contributed by atoms with E-state index in [1.807, 2.05) is 31.4 Å². The second-order valence-corrected chi connectivity index (χ2v) is 6.26. The molecule has 0 aliphatic heterocycles. The second-order valence-electron chi connectivity index (χ2n) is 5.28. The maximum absolute atomic E-state index is 6.27. The zero-order valence-corrected chi connectivity index (χ0v) is 13.9. The van der Waals surface area contributed by atoms with Crippen molar-refractivity contribution < 1.29 is 4.74 Å². The third-order valence-corrected chi connectivity index (χ3v) is 4.59. The molecule has 0 radical (unpaired) electrons. The number of nitrogens with zero attached hydrogens (tertiary/aromatic N) is 1. The van der Waals surface area contributed by atoms with Crippen molar-refractivity contribution in [3.8, 4) is 16.9 Å². The van der Waals surface area contributed by atoms with Gasteiger partial charge in [-0.25, -0.2) is 0 Å². The van der Waals surface area contributed by atoms with Crippen LogP contribution in [-0.4, -0.2) is 18.6 Å². The van der Waals surface area contributed by atoms with Gasteiger partial charge in [-0.2, -0.15) is 0 Å². The molecular formula is C19H20N2OS. The summed E-state index contributed by atoms with van der Waals surface area (Å²) in [6.07, 6.45) is 4.67. The van der Waals surface area contributed by atoms with Gasteiger partial charge >= 0.3 is 0 Å². The predicted octanol–water partition coefficient (Wildman–Crippen LogP) is 4.54. The second kappa shape index (κ2) is 7.90. The number of nitrogens with one attached hydrogen (secondary N) is 1. The Morgan fingerprint density at radius 3 is 2.78 bits per heavy atom. The van der Waals surface area contributed by atoms with E-state index in [0.29, 0.717) is 0 Å². The Balaban J connectivity index is 1.80. The van der Waals surface area contributed by atoms with Crippen molar-refractivity contribution in [3.05, 3.63) is 71.2 Å². The molecule has 1 aromatic carbocycles. The van der Waals surface area contributed by atoms with Crippen LogP contribution in [0.5, 0.6) is 5.75 Å². The molecule has 0 aliphatic rings. The molecule has 0 saturated carbocycles. The third kappa shape index (κ3) is 4.18. The molecule has 2 aromatic heterocycles. The molecule has 3 nitrogen and oxygen atoms in total. The Morgan fingerprint density at radius 2 is 2.04 bits per heavy atom. The number of rotatable bonds is 7. The van der Waals surface area contributed by atoms with Crippen LogP contribution in [0.2, 0.25) is 0 Å². The minimum Gasteiger partial charge on any atom is -0.485 e. The molecule has 23 heavy (non-hydrogen) atoms. The molecule has 0 fully saturated rings. The fourth-order valence-electron chi connectivity index (χ4n) is 2.46. The maximum atomic E-state index is 6.27. The van der Waals surface area contributed by atoms with E-state index in [1.54, 1.807) is 17.5 Å². The highest BCUT2D eigenvalue weighted by Gasteiger charge is 2.14. The highest BCUT2D eigenvalue weighted by Crippen LogP contribution is 2.30. The van der Waals surface area contributed by atoms with Gasteiger partial charge in [-0.1, -0.05) is 24.3 Å². The quantitative estimate of drug-likeness (QED) is 0.693. The molecule has 3 rings (SSSR count). The van der Waals surface area contributed by atoms with Crippen LogP contribution in [0.15, 0.2) is 66.3 Å². The number of pyridine rings is 1. The molecule has 1 N–H and O–H groups in total. The SMILES string of the molecule is CNCCC(Oc1cccc(-c2cccnc2)c1)c1cccs1. The normalized spacial score (nSPS) is 12.0. The Morgan fingerprint density at radius 1 is 1.13 bits per heavy atom. The highest BCUT2D eigenvalue weighted by molar-refractivity contribution is 7.10. The van der Waals surface area contributed by atoms with Crippen LogP contribution in [0, 0.1) is 0 Å². The first kappa shape index (κ1) is 15.7. The van der Waals surface area contributed by atoms with Crippen LogP contribution in [0.25, 0.3) is 11.1 Å². The van der Waals surface area contributed by atoms with Crippen LogP contribution >= 0.6 is 11.3 Å². The van der Waals surface area contributed by atoms with Gasteiger partial charge in [0.1, 0.15) is 11.9 Å². The minimum absolute atomic E-state index is 0.0756. The van der Waals surface area contributed by atoms with Gasteiger partial charge in [-0.15, -0.1) is 11.3 Å². The predicted molar refractivity (Wildman–Crippen MR) is 95.9 cm³/mol. The summed E-state index contributed by atoms with van der Waals surface area (Å²) in [6.45, 7) is 0.921. The van der Waals surface area contributed by atoms with Crippen molar-refractivity contribution in [3.63, 3.8) is 0 Å². The van der Waals surface area contributed by atoms with Gasteiger partial charge < -0.3 is 10.1 Å². The average Bonchev–Trinajstić information content (AvgIpc) is 3.14. The smallest absolute Gasteiger partial charge is 0.134 e. The summed E-state index contributed by atoms with van der Waals surface area (Å²) < 4.78 is 6.27. The molecule has 0 saturated heterocycles. The summed E-state index contributed by atoms with van der Waals surface area (Å²) in [4.78, 5) is 5.44. The van der Waals surface area contributed by atoms with E-state index in [1.165, 1.54) is 4.88 Å². The highest BCUT2D eigenvalue weighted by atomic mass is 32.1. The monoisotopic (exact) mass is 324 g/mol. The van der Waals surface area contributed by atoms with Crippen molar-refractivity contribution in [1.29, 1.82) is 0 Å². The van der Waals surface area contributed by atoms with Gasteiger partial charge in [-0.05, 0) is 48.8 Å². The van der Waals surface area contributed by atoms with Crippen LogP contribution in [0.3, 0.4) is 0 Å². The van der Waals surface area contributed by atoms with E-state index in [9.17, 15) is 0 Å². The van der Waals surface area contributed by atoms with E-state index in [0.717, 1.165) is 29.8 Å². The van der Waals surface area contributed by atoms with Crippen molar-refractivity contribution in [1.82, 2.24) is 10.3 Å². The number of ether oxygens (including phenoxy) is 1. The van der Waals surface area contributed by atoms with E-state index in [2.05, 4.69) is 46.0 Å². The first-order chi connectivity index (χ1) is 11.4. The Hall–Kier alpha value is -2.17. The Labute approximate surface area is 141 Å². The van der Waals surface area contributed by atoms with E-state index in [4.69, 9.17) is 4.74 Å². The largest absolute Gasteiger partial charge is 0.485 e. The topological polar surface area (TPSA) is 34.1 Å². The number of thiophene rings is 1. The molecule has 118 valence electrons. The molecule has 1 unspecified atom stereocenters. The lowest BCUT2D eigenvalue weighted by Crippen LogP contribution is -2.15. The van der Waals surface area contributed by atoms with Crippen LogP contribution in [0.4, 0.5) is 0 Å². The van der Waals surface area contributed by atoms with Crippen molar-refractivity contribution >= 4 is 11.3 Å². The molecule has 0 spiro atoms. The van der Waals surface area contributed by atoms with Crippen molar-refractivity contribution in [2.45, 2.75) is 12.5 Å². The lowest BCUT2D eigenvalue weighted by molar-refractivity contribution is 0.199. The standard InChI is InChI=1S/C19H20N2OS/c1-20-11-9-18(19-8-4-12-23-19)22-17-7-2-5-15(13-17)16-6-3-10-21-14-16/h2-8,10,12-14,18,20H,9,11H2,1H3. The molecule has 0 bridgehead atoms. The van der Waals surface area contributed by atoms with Crippen LogP contribution < -0.4 is 10.1 Å². The fourth-order valence-corrected chi connectivity index (χ4v) is 3.25. The summed E-state index contributed by atoms with van der Waals surface area (Å²) in [5, 5.41) is 5.29. The molecule has 1 atom stereocenters. The summed E-state index contributed by atoms with van der Waals surface area (Å²) in [6, 6.07) is 16.4. The maximum Gasteiger partial charge on any atom is 0.134 e. The number of hydrogen-bond acceptors (Lipinski definition) is 4. The van der Waals surface area contributed by atoms with E-state index < -0.39 is 0 Å².